The molecule has 0 fully saturated rings. The Balaban J connectivity index is 2.86. The minimum atomic E-state index is -4.60. The zero-order valence-electron chi connectivity index (χ0n) is 10.3. The number of carbonyl (C=O) groups excluding carboxylic acids is 1. The molecule has 0 aliphatic rings. The number of anilines is 1. The molecule has 0 radical (unpaired) electrons. The third-order valence-corrected chi connectivity index (χ3v) is 3.75. The molecule has 106 valence electrons. The summed E-state index contributed by atoms with van der Waals surface area (Å²) in [6.45, 7) is 1.55. The molecule has 0 aromatic heterocycles. The molecular weight excluding hydrogens is 280 g/mol. The average molecular weight is 293 g/mol. The Labute approximate surface area is 109 Å². The second-order valence-corrected chi connectivity index (χ2v) is 5.64. The largest absolute Gasteiger partial charge is 0.467 e. The molecule has 19 heavy (non-hydrogen) atoms. The number of methoxy groups -OCH3 is 1. The lowest BCUT2D eigenvalue weighted by molar-refractivity contribution is -0.141. The van der Waals surface area contributed by atoms with Gasteiger partial charge in [0.2, 0.25) is 9.84 Å². The van der Waals surface area contributed by atoms with E-state index in [-0.39, 0.29) is 0 Å². The molecule has 1 rings (SSSR count). The molecule has 0 aliphatic heterocycles. The molecule has 1 aromatic carbocycles. The van der Waals surface area contributed by atoms with Gasteiger partial charge in [0.1, 0.15) is 6.04 Å². The Morgan fingerprint density at radius 2 is 1.79 bits per heavy atom. The molecular formula is C11H13F2NO4S. The van der Waals surface area contributed by atoms with Crippen LogP contribution in [0, 0.1) is 0 Å². The van der Waals surface area contributed by atoms with Crippen LogP contribution >= 0.6 is 0 Å². The maximum absolute atomic E-state index is 12.3. The molecule has 0 amide bonds. The van der Waals surface area contributed by atoms with E-state index in [0.717, 1.165) is 12.1 Å². The molecule has 1 atom stereocenters. The second-order valence-electron chi connectivity index (χ2n) is 3.72. The SMILES string of the molecule is COC(=O)C(C)Nc1ccc(S(=O)(=O)C(F)F)cc1. The van der Waals surface area contributed by atoms with Crippen molar-refractivity contribution in [2.75, 3.05) is 12.4 Å². The van der Waals surface area contributed by atoms with Crippen LogP contribution in [0.3, 0.4) is 0 Å². The Hall–Kier alpha value is -1.70. The van der Waals surface area contributed by atoms with E-state index in [9.17, 15) is 22.0 Å². The van der Waals surface area contributed by atoms with Gasteiger partial charge < -0.3 is 10.1 Å². The molecule has 5 nitrogen and oxygen atoms in total. The van der Waals surface area contributed by atoms with E-state index in [2.05, 4.69) is 10.1 Å². The number of halogens is 2. The summed E-state index contributed by atoms with van der Waals surface area (Å²) in [4.78, 5) is 10.7. The second kappa shape index (κ2) is 5.96. The van der Waals surface area contributed by atoms with Crippen LogP contribution in [0.15, 0.2) is 29.2 Å². The number of carbonyl (C=O) groups is 1. The maximum Gasteiger partial charge on any atom is 0.341 e. The number of alkyl halides is 2. The Morgan fingerprint density at radius 1 is 1.26 bits per heavy atom. The van der Waals surface area contributed by atoms with E-state index < -0.39 is 32.5 Å². The minimum absolute atomic E-state index is 0.422. The fourth-order valence-corrected chi connectivity index (χ4v) is 2.05. The molecule has 0 saturated carbocycles. The van der Waals surface area contributed by atoms with Gasteiger partial charge in [-0.05, 0) is 31.2 Å². The van der Waals surface area contributed by atoms with Gasteiger partial charge in [-0.25, -0.2) is 13.2 Å². The minimum Gasteiger partial charge on any atom is -0.467 e. The van der Waals surface area contributed by atoms with Crippen molar-refractivity contribution in [1.29, 1.82) is 0 Å². The van der Waals surface area contributed by atoms with Gasteiger partial charge in [-0.1, -0.05) is 0 Å². The van der Waals surface area contributed by atoms with Crippen LogP contribution in [-0.2, 0) is 19.4 Å². The lowest BCUT2D eigenvalue weighted by atomic mass is 10.2. The first-order valence-corrected chi connectivity index (χ1v) is 6.80. The summed E-state index contributed by atoms with van der Waals surface area (Å²) < 4.78 is 51.4. The summed E-state index contributed by atoms with van der Waals surface area (Å²) in [6, 6.07) is 4.06. The van der Waals surface area contributed by atoms with E-state index in [0.29, 0.717) is 5.69 Å². The monoisotopic (exact) mass is 293 g/mol. The summed E-state index contributed by atoms with van der Waals surface area (Å²) >= 11 is 0. The van der Waals surface area contributed by atoms with Crippen molar-refractivity contribution in [3.63, 3.8) is 0 Å². The van der Waals surface area contributed by atoms with Crippen LogP contribution in [0.25, 0.3) is 0 Å². The van der Waals surface area contributed by atoms with Crippen LogP contribution in [0.1, 0.15) is 6.92 Å². The Bertz CT molecular complexity index is 542. The third kappa shape index (κ3) is 3.63. The topological polar surface area (TPSA) is 72.5 Å². The lowest BCUT2D eigenvalue weighted by Gasteiger charge is -2.13. The summed E-state index contributed by atoms with van der Waals surface area (Å²) in [5.74, 6) is -3.95. The highest BCUT2D eigenvalue weighted by Gasteiger charge is 2.26. The Kier molecular flexibility index (Phi) is 4.82. The van der Waals surface area contributed by atoms with Crippen LogP contribution in [0.4, 0.5) is 14.5 Å². The number of nitrogens with one attached hydrogen (secondary N) is 1. The highest BCUT2D eigenvalue weighted by Crippen LogP contribution is 2.20. The van der Waals surface area contributed by atoms with E-state index in [1.165, 1.54) is 19.2 Å². The van der Waals surface area contributed by atoms with Crippen LogP contribution < -0.4 is 5.32 Å². The number of sulfone groups is 1. The first-order valence-electron chi connectivity index (χ1n) is 5.25. The average Bonchev–Trinajstić information content (AvgIpc) is 2.38. The summed E-state index contributed by atoms with van der Waals surface area (Å²) in [5.41, 5.74) is 0.422. The van der Waals surface area contributed by atoms with Crippen molar-refractivity contribution in [3.8, 4) is 0 Å². The molecule has 0 bridgehead atoms. The molecule has 0 heterocycles. The van der Waals surface area contributed by atoms with Crippen molar-refractivity contribution < 1.29 is 26.7 Å². The number of ether oxygens (including phenoxy) is 1. The van der Waals surface area contributed by atoms with Gasteiger partial charge in [0.15, 0.2) is 0 Å². The zero-order chi connectivity index (χ0) is 14.6. The molecule has 0 aliphatic carbocycles. The summed E-state index contributed by atoms with van der Waals surface area (Å²) in [5, 5.41) is 2.74. The smallest absolute Gasteiger partial charge is 0.341 e. The molecule has 0 saturated heterocycles. The van der Waals surface area contributed by atoms with Gasteiger partial charge >= 0.3 is 11.7 Å². The first-order chi connectivity index (χ1) is 8.78. The van der Waals surface area contributed by atoms with Gasteiger partial charge in [0, 0.05) is 5.69 Å². The molecule has 1 aromatic rings. The molecule has 0 spiro atoms. The molecule has 8 heteroatoms. The Morgan fingerprint density at radius 3 is 2.21 bits per heavy atom. The summed E-state index contributed by atoms with van der Waals surface area (Å²) in [6.07, 6.45) is 0. The number of esters is 1. The van der Waals surface area contributed by atoms with Crippen LogP contribution in [0.2, 0.25) is 0 Å². The molecule has 1 N–H and O–H groups in total. The van der Waals surface area contributed by atoms with E-state index in [4.69, 9.17) is 0 Å². The first kappa shape index (κ1) is 15.4. The van der Waals surface area contributed by atoms with Crippen molar-refractivity contribution in [2.45, 2.75) is 23.6 Å². The van der Waals surface area contributed by atoms with Crippen molar-refractivity contribution in [2.24, 2.45) is 0 Å². The van der Waals surface area contributed by atoms with Crippen LogP contribution in [0.5, 0.6) is 0 Å². The van der Waals surface area contributed by atoms with Gasteiger partial charge in [-0.2, -0.15) is 8.78 Å². The number of benzene rings is 1. The quantitative estimate of drug-likeness (QED) is 0.836. The lowest BCUT2D eigenvalue weighted by Crippen LogP contribution is -2.27. The zero-order valence-corrected chi connectivity index (χ0v) is 11.1. The third-order valence-electron chi connectivity index (χ3n) is 2.36. The number of rotatable bonds is 5. The van der Waals surface area contributed by atoms with E-state index >= 15 is 0 Å². The van der Waals surface area contributed by atoms with E-state index in [1.54, 1.807) is 6.92 Å². The summed E-state index contributed by atoms with van der Waals surface area (Å²) in [7, 11) is -3.36. The van der Waals surface area contributed by atoms with Crippen molar-refractivity contribution >= 4 is 21.5 Å². The predicted molar refractivity (Wildman–Crippen MR) is 64.7 cm³/mol. The van der Waals surface area contributed by atoms with Crippen molar-refractivity contribution in [1.82, 2.24) is 0 Å². The number of hydrogen-bond donors (Lipinski definition) is 1. The normalized spacial score (nSPS) is 13.1. The molecule has 1 unspecified atom stereocenters. The van der Waals surface area contributed by atoms with Gasteiger partial charge in [0.05, 0.1) is 12.0 Å². The highest BCUT2D eigenvalue weighted by atomic mass is 32.2. The number of hydrogen-bond acceptors (Lipinski definition) is 5. The predicted octanol–water partition coefficient (Wildman–Crippen LogP) is 1.66. The van der Waals surface area contributed by atoms with Gasteiger partial charge in [0.25, 0.3) is 0 Å². The highest BCUT2D eigenvalue weighted by molar-refractivity contribution is 7.91. The van der Waals surface area contributed by atoms with Gasteiger partial charge in [-0.15, -0.1) is 0 Å². The van der Waals surface area contributed by atoms with E-state index in [1.807, 2.05) is 0 Å². The fourth-order valence-electron chi connectivity index (χ4n) is 1.33. The fraction of sp³-hybridized carbons (Fsp3) is 0.364. The maximum atomic E-state index is 12.3. The van der Waals surface area contributed by atoms with Gasteiger partial charge in [-0.3, -0.25) is 0 Å². The van der Waals surface area contributed by atoms with Crippen LogP contribution in [-0.4, -0.2) is 33.3 Å². The van der Waals surface area contributed by atoms with Crippen molar-refractivity contribution in [3.05, 3.63) is 24.3 Å². The standard InChI is InChI=1S/C11H13F2NO4S/c1-7(10(15)18-2)14-8-3-5-9(6-4-8)19(16,17)11(12)13/h3-7,11,14H,1-2H3.